The molecule has 5 nitrogen and oxygen atoms in total. The molecule has 1 aliphatic rings. The summed E-state index contributed by atoms with van der Waals surface area (Å²) in [6.45, 7) is 11.5. The van der Waals surface area contributed by atoms with E-state index in [9.17, 15) is 4.39 Å². The van der Waals surface area contributed by atoms with E-state index in [1.165, 1.54) is 6.07 Å². The number of anilines is 1. The van der Waals surface area contributed by atoms with Crippen molar-refractivity contribution in [3.8, 4) is 0 Å². The number of nitrogens with zero attached hydrogens (tertiary/aromatic N) is 3. The molecule has 2 rings (SSSR count). The first-order valence-electron chi connectivity index (χ1n) is 8.98. The molecule has 1 aromatic carbocycles. The predicted octanol–water partition coefficient (Wildman–Crippen LogP) is 2.53. The third-order valence-corrected chi connectivity index (χ3v) is 4.16. The van der Waals surface area contributed by atoms with Gasteiger partial charge in [-0.2, -0.15) is 0 Å². The minimum absolute atomic E-state index is 0. The molecule has 0 aliphatic carbocycles. The molecule has 1 aliphatic heterocycles. The normalized spacial score (nSPS) is 14.6. The number of hydrogen-bond donors (Lipinski definition) is 2. The van der Waals surface area contributed by atoms with Crippen LogP contribution < -0.4 is 15.5 Å². The van der Waals surface area contributed by atoms with E-state index in [0.717, 1.165) is 70.4 Å². The van der Waals surface area contributed by atoms with Gasteiger partial charge in [0.15, 0.2) is 5.96 Å². The average molecular weight is 463 g/mol. The number of nitrogens with one attached hydrogen (secondary N) is 2. The molecule has 1 fully saturated rings. The van der Waals surface area contributed by atoms with E-state index < -0.39 is 0 Å². The van der Waals surface area contributed by atoms with Crippen LogP contribution in [0.25, 0.3) is 0 Å². The lowest BCUT2D eigenvalue weighted by Crippen LogP contribution is -2.47. The molecule has 0 bridgehead atoms. The number of hydrogen-bond acceptors (Lipinski definition) is 3. The van der Waals surface area contributed by atoms with E-state index in [4.69, 9.17) is 0 Å². The Morgan fingerprint density at radius 3 is 2.32 bits per heavy atom. The number of aliphatic imine (C=N–C) groups is 1. The van der Waals surface area contributed by atoms with Gasteiger partial charge in [0.05, 0.1) is 5.69 Å². The Morgan fingerprint density at radius 2 is 1.72 bits per heavy atom. The van der Waals surface area contributed by atoms with Crippen molar-refractivity contribution in [1.82, 2.24) is 15.5 Å². The van der Waals surface area contributed by atoms with Crippen molar-refractivity contribution in [2.75, 3.05) is 57.3 Å². The lowest BCUT2D eigenvalue weighted by atomic mass is 10.2. The quantitative estimate of drug-likeness (QED) is 0.282. The van der Waals surface area contributed by atoms with E-state index in [0.29, 0.717) is 0 Å². The molecule has 2 N–H and O–H groups in total. The van der Waals surface area contributed by atoms with Gasteiger partial charge in [-0.15, -0.1) is 24.0 Å². The maximum absolute atomic E-state index is 13.8. The van der Waals surface area contributed by atoms with Crippen LogP contribution in [-0.4, -0.2) is 63.2 Å². The van der Waals surface area contributed by atoms with E-state index in [-0.39, 0.29) is 29.8 Å². The Labute approximate surface area is 168 Å². The molecule has 0 atom stereocenters. The van der Waals surface area contributed by atoms with Crippen molar-refractivity contribution >= 4 is 35.6 Å². The molecule has 7 heteroatoms. The molecule has 25 heavy (non-hydrogen) atoms. The minimum atomic E-state index is -0.125. The zero-order chi connectivity index (χ0) is 17.2. The first-order valence-corrected chi connectivity index (χ1v) is 8.98. The summed E-state index contributed by atoms with van der Waals surface area (Å²) in [6.07, 6.45) is 1.04. The van der Waals surface area contributed by atoms with Gasteiger partial charge in [0.25, 0.3) is 0 Å². The summed E-state index contributed by atoms with van der Waals surface area (Å²) in [4.78, 5) is 9.14. The van der Waals surface area contributed by atoms with Gasteiger partial charge in [0, 0.05) is 52.4 Å². The first kappa shape index (κ1) is 22.0. The van der Waals surface area contributed by atoms with Crippen molar-refractivity contribution in [1.29, 1.82) is 0 Å². The third-order valence-electron chi connectivity index (χ3n) is 4.16. The average Bonchev–Trinajstić information content (AvgIpc) is 2.60. The van der Waals surface area contributed by atoms with Crippen LogP contribution in [0.3, 0.4) is 0 Å². The zero-order valence-electron chi connectivity index (χ0n) is 15.3. The fourth-order valence-corrected chi connectivity index (χ4v) is 2.91. The van der Waals surface area contributed by atoms with Crippen LogP contribution >= 0.6 is 24.0 Å². The molecule has 0 amide bonds. The van der Waals surface area contributed by atoms with Gasteiger partial charge in [0.1, 0.15) is 5.82 Å². The number of piperazine rings is 1. The van der Waals surface area contributed by atoms with Gasteiger partial charge in [-0.1, -0.05) is 12.1 Å². The molecular weight excluding hydrogens is 432 g/mol. The van der Waals surface area contributed by atoms with E-state index in [1.807, 2.05) is 12.1 Å². The van der Waals surface area contributed by atoms with Gasteiger partial charge < -0.3 is 15.5 Å². The second kappa shape index (κ2) is 12.3. The summed E-state index contributed by atoms with van der Waals surface area (Å²) in [5.74, 6) is 0.768. The molecule has 0 radical (unpaired) electrons. The Hall–Kier alpha value is -1.09. The summed E-state index contributed by atoms with van der Waals surface area (Å²) in [5.41, 5.74) is 0.725. The fourth-order valence-electron chi connectivity index (χ4n) is 2.91. The van der Waals surface area contributed by atoms with E-state index in [2.05, 4.69) is 39.3 Å². The SMILES string of the molecule is CCNC(=NCCCN1CCN(c2ccccc2F)CC1)NCC.I. The summed E-state index contributed by atoms with van der Waals surface area (Å²) >= 11 is 0. The van der Waals surface area contributed by atoms with Crippen molar-refractivity contribution in [2.45, 2.75) is 20.3 Å². The molecule has 1 aromatic rings. The van der Waals surface area contributed by atoms with Gasteiger partial charge in [-0.3, -0.25) is 9.89 Å². The van der Waals surface area contributed by atoms with Crippen LogP contribution in [0.4, 0.5) is 10.1 Å². The zero-order valence-corrected chi connectivity index (χ0v) is 17.6. The van der Waals surface area contributed by atoms with E-state index >= 15 is 0 Å². The highest BCUT2D eigenvalue weighted by Gasteiger charge is 2.18. The highest BCUT2D eigenvalue weighted by atomic mass is 127. The van der Waals surface area contributed by atoms with Crippen LogP contribution in [-0.2, 0) is 0 Å². The number of halogens is 2. The molecular formula is C18H31FIN5. The fraction of sp³-hybridized carbons (Fsp3) is 0.611. The van der Waals surface area contributed by atoms with Crippen molar-refractivity contribution in [3.05, 3.63) is 30.1 Å². The smallest absolute Gasteiger partial charge is 0.191 e. The maximum Gasteiger partial charge on any atom is 0.191 e. The Balaban J connectivity index is 0.00000312. The number of rotatable bonds is 7. The van der Waals surface area contributed by atoms with Gasteiger partial charge >= 0.3 is 0 Å². The maximum atomic E-state index is 13.8. The number of guanidine groups is 1. The molecule has 0 saturated carbocycles. The van der Waals surface area contributed by atoms with Crippen LogP contribution in [0.5, 0.6) is 0 Å². The van der Waals surface area contributed by atoms with Crippen LogP contribution in [0, 0.1) is 5.82 Å². The highest BCUT2D eigenvalue weighted by molar-refractivity contribution is 14.0. The topological polar surface area (TPSA) is 42.9 Å². The Kier molecular flexibility index (Phi) is 10.8. The second-order valence-corrected chi connectivity index (χ2v) is 5.92. The van der Waals surface area contributed by atoms with Crippen LogP contribution in [0.2, 0.25) is 0 Å². The Morgan fingerprint density at radius 1 is 1.08 bits per heavy atom. The van der Waals surface area contributed by atoms with Crippen molar-refractivity contribution in [2.24, 2.45) is 4.99 Å². The molecule has 0 unspecified atom stereocenters. The lowest BCUT2D eigenvalue weighted by molar-refractivity contribution is 0.256. The predicted molar refractivity (Wildman–Crippen MR) is 115 cm³/mol. The molecule has 0 aromatic heterocycles. The second-order valence-electron chi connectivity index (χ2n) is 5.92. The van der Waals surface area contributed by atoms with Crippen LogP contribution in [0.1, 0.15) is 20.3 Å². The van der Waals surface area contributed by atoms with Gasteiger partial charge in [0.2, 0.25) is 0 Å². The lowest BCUT2D eigenvalue weighted by Gasteiger charge is -2.36. The summed E-state index contributed by atoms with van der Waals surface area (Å²) in [6, 6.07) is 7.04. The Bertz CT molecular complexity index is 510. The van der Waals surface area contributed by atoms with Gasteiger partial charge in [-0.25, -0.2) is 4.39 Å². The van der Waals surface area contributed by atoms with Gasteiger partial charge in [-0.05, 0) is 32.4 Å². The minimum Gasteiger partial charge on any atom is -0.367 e. The highest BCUT2D eigenvalue weighted by Crippen LogP contribution is 2.20. The monoisotopic (exact) mass is 463 g/mol. The number of benzene rings is 1. The largest absolute Gasteiger partial charge is 0.367 e. The summed E-state index contributed by atoms with van der Waals surface area (Å²) < 4.78 is 13.8. The molecule has 0 spiro atoms. The summed E-state index contributed by atoms with van der Waals surface area (Å²) in [5, 5.41) is 6.47. The standard InChI is InChI=1S/C18H30FN5.HI/c1-3-20-18(21-4-2)22-10-7-11-23-12-14-24(15-13-23)17-9-6-5-8-16(17)19;/h5-6,8-9H,3-4,7,10-15H2,1-2H3,(H2,20,21,22);1H. The van der Waals surface area contributed by atoms with Crippen molar-refractivity contribution < 1.29 is 4.39 Å². The first-order chi connectivity index (χ1) is 11.7. The molecule has 1 heterocycles. The van der Waals surface area contributed by atoms with Crippen LogP contribution in [0.15, 0.2) is 29.3 Å². The molecule has 142 valence electrons. The van der Waals surface area contributed by atoms with Crippen molar-refractivity contribution in [3.63, 3.8) is 0 Å². The summed E-state index contributed by atoms with van der Waals surface area (Å²) in [7, 11) is 0. The molecule has 1 saturated heterocycles. The number of para-hydroxylation sites is 1. The third kappa shape index (κ3) is 7.35. The van der Waals surface area contributed by atoms with E-state index in [1.54, 1.807) is 6.07 Å².